The molecule has 3 heterocycles. The van der Waals surface area contributed by atoms with Gasteiger partial charge in [0.15, 0.2) is 11.0 Å². The first-order chi connectivity index (χ1) is 16.3. The number of nitrogens with zero attached hydrogens (tertiary/aromatic N) is 7. The Morgan fingerprint density at radius 3 is 2.48 bits per heavy atom. The number of anilines is 1. The highest BCUT2D eigenvalue weighted by atomic mass is 32.1. The fourth-order valence-corrected chi connectivity index (χ4v) is 6.17. The summed E-state index contributed by atoms with van der Waals surface area (Å²) < 4.78 is 18.2. The third-order valence-corrected chi connectivity index (χ3v) is 7.96. The molecule has 0 spiro atoms. The van der Waals surface area contributed by atoms with Crippen molar-refractivity contribution in [2.75, 3.05) is 31.1 Å². The van der Waals surface area contributed by atoms with E-state index in [1.54, 1.807) is 17.4 Å². The molecule has 6 rings (SSSR count). The van der Waals surface area contributed by atoms with E-state index in [9.17, 15) is 0 Å². The first kappa shape index (κ1) is 20.7. The van der Waals surface area contributed by atoms with Gasteiger partial charge in [0.1, 0.15) is 11.9 Å². The smallest absolute Gasteiger partial charge is 0.186 e. The minimum Gasteiger partial charge on any atom is -0.345 e. The lowest BCUT2D eigenvalue weighted by Gasteiger charge is -2.39. The molecule has 2 aromatic carbocycles. The molecule has 2 aromatic heterocycles. The van der Waals surface area contributed by atoms with Gasteiger partial charge in [0.05, 0.1) is 16.3 Å². The van der Waals surface area contributed by atoms with Crippen LogP contribution in [0.5, 0.6) is 0 Å². The molecule has 0 bridgehead atoms. The molecule has 0 unspecified atom stereocenters. The van der Waals surface area contributed by atoms with Crippen LogP contribution in [0.15, 0.2) is 48.5 Å². The number of tetrazole rings is 1. The van der Waals surface area contributed by atoms with Gasteiger partial charge in [-0.2, -0.15) is 0 Å². The molecule has 1 saturated carbocycles. The maximum atomic E-state index is 15.0. The zero-order chi connectivity index (χ0) is 22.2. The number of rotatable bonds is 5. The fraction of sp³-hybridized carbons (Fsp3) is 0.417. The molecule has 33 heavy (non-hydrogen) atoms. The van der Waals surface area contributed by atoms with Crippen LogP contribution in [0.4, 0.5) is 9.52 Å². The second kappa shape index (κ2) is 8.79. The largest absolute Gasteiger partial charge is 0.345 e. The van der Waals surface area contributed by atoms with Crippen molar-refractivity contribution in [1.29, 1.82) is 0 Å². The minimum absolute atomic E-state index is 0.211. The van der Waals surface area contributed by atoms with Gasteiger partial charge in [0, 0.05) is 31.7 Å². The Kier molecular flexibility index (Phi) is 5.51. The van der Waals surface area contributed by atoms with Crippen LogP contribution in [0, 0.1) is 5.82 Å². The van der Waals surface area contributed by atoms with E-state index in [0.717, 1.165) is 55.5 Å². The summed E-state index contributed by atoms with van der Waals surface area (Å²) in [6.07, 6.45) is 4.53. The van der Waals surface area contributed by atoms with Gasteiger partial charge in [-0.1, -0.05) is 54.5 Å². The highest BCUT2D eigenvalue weighted by molar-refractivity contribution is 7.22. The van der Waals surface area contributed by atoms with E-state index in [1.165, 1.54) is 23.6 Å². The first-order valence-corrected chi connectivity index (χ1v) is 12.5. The van der Waals surface area contributed by atoms with E-state index in [0.29, 0.717) is 11.6 Å². The summed E-state index contributed by atoms with van der Waals surface area (Å²) in [5, 5.41) is 13.8. The van der Waals surface area contributed by atoms with Crippen molar-refractivity contribution in [2.45, 2.75) is 37.8 Å². The van der Waals surface area contributed by atoms with E-state index in [2.05, 4.69) is 43.5 Å². The van der Waals surface area contributed by atoms with Gasteiger partial charge in [-0.15, -0.1) is 5.10 Å². The monoisotopic (exact) mass is 463 g/mol. The van der Waals surface area contributed by atoms with Crippen LogP contribution in [-0.4, -0.2) is 56.3 Å². The third kappa shape index (κ3) is 3.89. The zero-order valence-electron chi connectivity index (χ0n) is 18.3. The van der Waals surface area contributed by atoms with Crippen molar-refractivity contribution in [2.24, 2.45) is 0 Å². The molecular formula is C24H26FN7S. The minimum atomic E-state index is -0.306. The Balaban J connectivity index is 1.29. The Morgan fingerprint density at radius 2 is 1.70 bits per heavy atom. The number of hydrogen-bond donors (Lipinski definition) is 0. The molecule has 2 aliphatic rings. The molecule has 170 valence electrons. The van der Waals surface area contributed by atoms with Crippen LogP contribution in [0.1, 0.15) is 49.2 Å². The van der Waals surface area contributed by atoms with Gasteiger partial charge in [-0.3, -0.25) is 4.90 Å². The lowest BCUT2D eigenvalue weighted by atomic mass is 10.0. The van der Waals surface area contributed by atoms with Crippen LogP contribution >= 0.6 is 11.3 Å². The van der Waals surface area contributed by atoms with Crippen molar-refractivity contribution in [3.8, 4) is 0 Å². The van der Waals surface area contributed by atoms with Crippen molar-refractivity contribution in [3.63, 3.8) is 0 Å². The van der Waals surface area contributed by atoms with E-state index in [1.807, 2.05) is 22.9 Å². The normalized spacial score (nSPS) is 18.9. The number of benzene rings is 2. The Bertz CT molecular complexity index is 1210. The molecule has 1 saturated heterocycles. The van der Waals surface area contributed by atoms with Gasteiger partial charge >= 0.3 is 0 Å². The summed E-state index contributed by atoms with van der Waals surface area (Å²) >= 11 is 1.73. The SMILES string of the molecule is Fc1ccccc1[C@H](c1nnnn1C1CCCC1)N1CCN(c2nc3ccccc3s2)CC1. The summed E-state index contributed by atoms with van der Waals surface area (Å²) in [5.74, 6) is 0.539. The standard InChI is InChI=1S/C24H26FN7S/c25-19-10-4-3-9-18(19)22(23-27-28-29-32(23)17-7-1-2-8-17)30-13-15-31(16-14-30)24-26-20-11-5-6-12-21(20)33-24/h3-6,9-12,17,22H,1-2,7-8,13-16H2/t22-/m1/s1. The number of para-hydroxylation sites is 1. The molecule has 0 N–H and O–H groups in total. The van der Waals surface area contributed by atoms with Crippen LogP contribution < -0.4 is 4.90 Å². The molecule has 1 aliphatic heterocycles. The Morgan fingerprint density at radius 1 is 0.939 bits per heavy atom. The van der Waals surface area contributed by atoms with E-state index in [4.69, 9.17) is 4.98 Å². The van der Waals surface area contributed by atoms with Gasteiger partial charge in [0.2, 0.25) is 0 Å². The number of hydrogen-bond acceptors (Lipinski definition) is 7. The summed E-state index contributed by atoms with van der Waals surface area (Å²) in [7, 11) is 0. The number of fused-ring (bicyclic) bond motifs is 1. The average molecular weight is 464 g/mol. The van der Waals surface area contributed by atoms with Crippen LogP contribution in [0.2, 0.25) is 0 Å². The molecule has 0 radical (unpaired) electrons. The van der Waals surface area contributed by atoms with Gasteiger partial charge in [-0.05, 0) is 41.5 Å². The highest BCUT2D eigenvalue weighted by Gasteiger charge is 2.34. The molecule has 0 amide bonds. The molecule has 7 nitrogen and oxygen atoms in total. The third-order valence-electron chi connectivity index (χ3n) is 6.87. The summed E-state index contributed by atoms with van der Waals surface area (Å²) in [6, 6.07) is 15.3. The van der Waals surface area contributed by atoms with E-state index < -0.39 is 0 Å². The van der Waals surface area contributed by atoms with Crippen molar-refractivity contribution < 1.29 is 4.39 Å². The Labute approximate surface area is 195 Å². The fourth-order valence-electron chi connectivity index (χ4n) is 5.15. The Hall–Kier alpha value is -2.91. The molecule has 4 aromatic rings. The van der Waals surface area contributed by atoms with Crippen molar-refractivity contribution in [3.05, 3.63) is 65.7 Å². The lowest BCUT2D eigenvalue weighted by molar-refractivity contribution is 0.194. The second-order valence-electron chi connectivity index (χ2n) is 8.83. The van der Waals surface area contributed by atoms with Crippen LogP contribution in [0.3, 0.4) is 0 Å². The topological polar surface area (TPSA) is 63.0 Å². The van der Waals surface area contributed by atoms with Crippen molar-refractivity contribution >= 4 is 26.7 Å². The quantitative estimate of drug-likeness (QED) is 0.436. The lowest BCUT2D eigenvalue weighted by Crippen LogP contribution is -2.48. The molecule has 1 aliphatic carbocycles. The molecular weight excluding hydrogens is 437 g/mol. The molecule has 1 atom stereocenters. The summed E-state index contributed by atoms with van der Waals surface area (Å²) in [4.78, 5) is 9.48. The van der Waals surface area contributed by atoms with E-state index in [-0.39, 0.29) is 11.9 Å². The predicted octanol–water partition coefficient (Wildman–Crippen LogP) is 4.45. The maximum Gasteiger partial charge on any atom is 0.186 e. The molecule has 2 fully saturated rings. The van der Waals surface area contributed by atoms with Gasteiger partial charge in [0.25, 0.3) is 0 Å². The number of halogens is 1. The maximum absolute atomic E-state index is 15.0. The average Bonchev–Trinajstić information content (AvgIpc) is 3.61. The second-order valence-corrected chi connectivity index (χ2v) is 9.84. The number of thiazole rings is 1. The van der Waals surface area contributed by atoms with Gasteiger partial charge in [-0.25, -0.2) is 14.1 Å². The van der Waals surface area contributed by atoms with Crippen LogP contribution in [0.25, 0.3) is 10.2 Å². The first-order valence-electron chi connectivity index (χ1n) is 11.6. The highest BCUT2D eigenvalue weighted by Crippen LogP contribution is 2.36. The summed E-state index contributed by atoms with van der Waals surface area (Å²) in [5.41, 5.74) is 1.68. The van der Waals surface area contributed by atoms with Crippen LogP contribution in [-0.2, 0) is 0 Å². The predicted molar refractivity (Wildman–Crippen MR) is 127 cm³/mol. The number of aromatic nitrogens is 5. The molecule has 9 heteroatoms. The van der Waals surface area contributed by atoms with E-state index >= 15 is 4.39 Å². The van der Waals surface area contributed by atoms with Gasteiger partial charge < -0.3 is 4.90 Å². The number of piperazine rings is 1. The summed E-state index contributed by atoms with van der Waals surface area (Å²) in [6.45, 7) is 3.23. The van der Waals surface area contributed by atoms with Crippen molar-refractivity contribution in [1.82, 2.24) is 30.1 Å². The zero-order valence-corrected chi connectivity index (χ0v) is 19.2.